The Balaban J connectivity index is 2.23. The molecule has 0 aliphatic heterocycles. The van der Waals surface area contributed by atoms with Crippen LogP contribution in [0.15, 0.2) is 24.3 Å². The first-order chi connectivity index (χ1) is 9.10. The summed E-state index contributed by atoms with van der Waals surface area (Å²) in [5.41, 5.74) is 0.107. The molecule has 0 amide bonds. The summed E-state index contributed by atoms with van der Waals surface area (Å²) in [4.78, 5) is 12.1. The van der Waals surface area contributed by atoms with Crippen LogP contribution in [0, 0.1) is 0 Å². The number of esters is 1. The minimum absolute atomic E-state index is 0.261. The lowest BCUT2D eigenvalue weighted by molar-refractivity contribution is -0.148. The maximum Gasteiger partial charge on any atom is 0.330 e. The van der Waals surface area contributed by atoms with Crippen molar-refractivity contribution in [3.8, 4) is 5.75 Å². The molecular weight excluding hydrogens is 242 g/mol. The highest BCUT2D eigenvalue weighted by Crippen LogP contribution is 2.30. The van der Waals surface area contributed by atoms with Crippen molar-refractivity contribution < 1.29 is 14.3 Å². The van der Waals surface area contributed by atoms with Gasteiger partial charge in [-0.1, -0.05) is 12.1 Å². The Morgan fingerprint density at radius 1 is 1.37 bits per heavy atom. The topological polar surface area (TPSA) is 47.6 Å². The molecule has 1 aromatic carbocycles. The highest BCUT2D eigenvalue weighted by Gasteiger charge is 2.40. The molecule has 0 bridgehead atoms. The van der Waals surface area contributed by atoms with Crippen molar-refractivity contribution in [2.45, 2.75) is 38.3 Å². The van der Waals surface area contributed by atoms with Crippen LogP contribution >= 0.6 is 0 Å². The third kappa shape index (κ3) is 3.07. The Morgan fingerprint density at radius 2 is 2.00 bits per heavy atom. The minimum Gasteiger partial charge on any atom is -0.494 e. The van der Waals surface area contributed by atoms with Gasteiger partial charge in [-0.15, -0.1) is 0 Å². The van der Waals surface area contributed by atoms with Crippen molar-refractivity contribution in [1.82, 2.24) is 5.32 Å². The Kier molecular flexibility index (Phi) is 4.10. The summed E-state index contributed by atoms with van der Waals surface area (Å²) in [5.74, 6) is 0.549. The lowest BCUT2D eigenvalue weighted by atomic mass is 9.91. The van der Waals surface area contributed by atoms with Crippen LogP contribution in [-0.4, -0.2) is 25.7 Å². The lowest BCUT2D eigenvalue weighted by Gasteiger charge is -2.28. The summed E-state index contributed by atoms with van der Waals surface area (Å²) in [7, 11) is 1.42. The number of hydrogen-bond acceptors (Lipinski definition) is 4. The van der Waals surface area contributed by atoms with Gasteiger partial charge in [0.2, 0.25) is 0 Å². The molecule has 0 saturated heterocycles. The number of ether oxygens (including phenoxy) is 2. The summed E-state index contributed by atoms with van der Waals surface area (Å²) >= 11 is 0. The molecule has 4 nitrogen and oxygen atoms in total. The van der Waals surface area contributed by atoms with E-state index >= 15 is 0 Å². The molecule has 0 aromatic heterocycles. The van der Waals surface area contributed by atoms with E-state index in [0.29, 0.717) is 12.6 Å². The van der Waals surface area contributed by atoms with Gasteiger partial charge < -0.3 is 9.47 Å². The van der Waals surface area contributed by atoms with Gasteiger partial charge in [0.05, 0.1) is 13.7 Å². The molecule has 1 atom stereocenters. The Hall–Kier alpha value is -1.55. The summed E-state index contributed by atoms with van der Waals surface area (Å²) in [6.07, 6.45) is 2.23. The first-order valence-electron chi connectivity index (χ1n) is 6.69. The van der Waals surface area contributed by atoms with Gasteiger partial charge in [-0.3, -0.25) is 5.32 Å². The first-order valence-corrected chi connectivity index (χ1v) is 6.69. The van der Waals surface area contributed by atoms with Crippen molar-refractivity contribution >= 4 is 5.97 Å². The van der Waals surface area contributed by atoms with E-state index in [-0.39, 0.29) is 5.97 Å². The Bertz CT molecular complexity index is 439. The standard InChI is InChI=1S/C15H21NO3/c1-4-19-13-9-5-11(6-10-13)15(2,14(17)18-3)16-12-7-8-12/h5-6,9-10,12,16H,4,7-8H2,1-3H3. The van der Waals surface area contributed by atoms with E-state index < -0.39 is 5.54 Å². The van der Waals surface area contributed by atoms with Gasteiger partial charge >= 0.3 is 5.97 Å². The second kappa shape index (κ2) is 5.61. The molecular formula is C15H21NO3. The van der Waals surface area contributed by atoms with E-state index in [2.05, 4.69) is 5.32 Å². The van der Waals surface area contributed by atoms with Crippen molar-refractivity contribution in [3.05, 3.63) is 29.8 Å². The van der Waals surface area contributed by atoms with Gasteiger partial charge in [0.15, 0.2) is 0 Å². The number of methoxy groups -OCH3 is 1. The summed E-state index contributed by atoms with van der Waals surface area (Å²) in [5, 5.41) is 3.37. The largest absolute Gasteiger partial charge is 0.494 e. The van der Waals surface area contributed by atoms with Crippen molar-refractivity contribution in [2.75, 3.05) is 13.7 Å². The summed E-state index contributed by atoms with van der Waals surface area (Å²) in [6, 6.07) is 8.01. The zero-order valence-corrected chi connectivity index (χ0v) is 11.7. The molecule has 1 aliphatic rings. The number of hydrogen-bond donors (Lipinski definition) is 1. The van der Waals surface area contributed by atoms with Crippen LogP contribution in [-0.2, 0) is 15.1 Å². The zero-order chi connectivity index (χ0) is 13.9. The summed E-state index contributed by atoms with van der Waals surface area (Å²) < 4.78 is 10.4. The van der Waals surface area contributed by atoms with Crippen molar-refractivity contribution in [1.29, 1.82) is 0 Å². The van der Waals surface area contributed by atoms with E-state index in [9.17, 15) is 4.79 Å². The fourth-order valence-corrected chi connectivity index (χ4v) is 2.15. The van der Waals surface area contributed by atoms with Crippen LogP contribution in [0.1, 0.15) is 32.3 Å². The maximum absolute atomic E-state index is 12.1. The highest BCUT2D eigenvalue weighted by molar-refractivity contribution is 5.82. The SMILES string of the molecule is CCOc1ccc(C(C)(NC2CC2)C(=O)OC)cc1. The fourth-order valence-electron chi connectivity index (χ4n) is 2.15. The van der Waals surface area contributed by atoms with E-state index in [4.69, 9.17) is 9.47 Å². The fraction of sp³-hybridized carbons (Fsp3) is 0.533. The van der Waals surface area contributed by atoms with Gasteiger partial charge in [-0.05, 0) is 44.4 Å². The van der Waals surface area contributed by atoms with Crippen LogP contribution in [0.3, 0.4) is 0 Å². The molecule has 4 heteroatoms. The molecule has 1 aromatic rings. The van der Waals surface area contributed by atoms with Gasteiger partial charge in [-0.25, -0.2) is 4.79 Å². The molecule has 0 spiro atoms. The molecule has 0 heterocycles. The average molecular weight is 263 g/mol. The number of rotatable bonds is 6. The minimum atomic E-state index is -0.791. The molecule has 1 N–H and O–H groups in total. The van der Waals surface area contributed by atoms with Crippen LogP contribution in [0.2, 0.25) is 0 Å². The molecule has 1 aliphatic carbocycles. The molecule has 1 unspecified atom stereocenters. The monoisotopic (exact) mass is 263 g/mol. The number of carbonyl (C=O) groups excluding carboxylic acids is 1. The molecule has 19 heavy (non-hydrogen) atoms. The normalized spacial score (nSPS) is 17.6. The van der Waals surface area contributed by atoms with Gasteiger partial charge in [0, 0.05) is 6.04 Å². The van der Waals surface area contributed by atoms with Gasteiger partial charge in [0.25, 0.3) is 0 Å². The molecule has 1 fully saturated rings. The molecule has 104 valence electrons. The second-order valence-electron chi connectivity index (χ2n) is 4.99. The van der Waals surface area contributed by atoms with E-state index in [1.807, 2.05) is 38.1 Å². The van der Waals surface area contributed by atoms with E-state index in [0.717, 1.165) is 24.2 Å². The third-order valence-corrected chi connectivity index (χ3v) is 3.41. The van der Waals surface area contributed by atoms with Crippen molar-refractivity contribution in [3.63, 3.8) is 0 Å². The number of carbonyl (C=O) groups is 1. The third-order valence-electron chi connectivity index (χ3n) is 3.41. The van der Waals surface area contributed by atoms with E-state index in [1.165, 1.54) is 7.11 Å². The van der Waals surface area contributed by atoms with Crippen LogP contribution in [0.5, 0.6) is 5.75 Å². The average Bonchev–Trinajstić information content (AvgIpc) is 3.22. The molecule has 0 radical (unpaired) electrons. The van der Waals surface area contributed by atoms with Crippen LogP contribution in [0.4, 0.5) is 0 Å². The lowest BCUT2D eigenvalue weighted by Crippen LogP contribution is -2.48. The predicted octanol–water partition coefficient (Wildman–Crippen LogP) is 2.23. The van der Waals surface area contributed by atoms with Crippen LogP contribution in [0.25, 0.3) is 0 Å². The number of nitrogens with one attached hydrogen (secondary N) is 1. The molecule has 1 saturated carbocycles. The number of benzene rings is 1. The zero-order valence-electron chi connectivity index (χ0n) is 11.7. The Labute approximate surface area is 114 Å². The predicted molar refractivity (Wildman–Crippen MR) is 73.1 cm³/mol. The smallest absolute Gasteiger partial charge is 0.330 e. The first kappa shape index (κ1) is 13.9. The Morgan fingerprint density at radius 3 is 2.47 bits per heavy atom. The highest BCUT2D eigenvalue weighted by atomic mass is 16.5. The summed E-state index contributed by atoms with van der Waals surface area (Å²) in [6.45, 7) is 4.45. The quantitative estimate of drug-likeness (QED) is 0.800. The molecule has 2 rings (SSSR count). The maximum atomic E-state index is 12.1. The second-order valence-corrected chi connectivity index (χ2v) is 4.99. The van der Waals surface area contributed by atoms with Gasteiger partial charge in [-0.2, -0.15) is 0 Å². The van der Waals surface area contributed by atoms with Crippen molar-refractivity contribution in [2.24, 2.45) is 0 Å². The van der Waals surface area contributed by atoms with E-state index in [1.54, 1.807) is 0 Å². The van der Waals surface area contributed by atoms with Crippen LogP contribution < -0.4 is 10.1 Å². The van der Waals surface area contributed by atoms with Gasteiger partial charge in [0.1, 0.15) is 11.3 Å².